The molecular weight excluding hydrogens is 192 g/mol. The minimum atomic E-state index is -0.422. The Morgan fingerprint density at radius 1 is 1.67 bits per heavy atom. The standard InChI is InChI=1S/C11H16N2O2/c1-9(14)4-5-11(15)13-8-10-3-2-6-12-7-10/h2-3,6-7,9,14H,4-5,8H2,1H3,(H,13,15). The van der Waals surface area contributed by atoms with Crippen molar-refractivity contribution < 1.29 is 9.90 Å². The summed E-state index contributed by atoms with van der Waals surface area (Å²) in [5.41, 5.74) is 0.975. The molecule has 0 bridgehead atoms. The minimum Gasteiger partial charge on any atom is -0.393 e. The highest BCUT2D eigenvalue weighted by Gasteiger charge is 2.03. The van der Waals surface area contributed by atoms with E-state index in [4.69, 9.17) is 5.11 Å². The van der Waals surface area contributed by atoms with Crippen LogP contribution in [0.25, 0.3) is 0 Å². The highest BCUT2D eigenvalue weighted by molar-refractivity contribution is 5.75. The zero-order valence-electron chi connectivity index (χ0n) is 8.81. The van der Waals surface area contributed by atoms with Crippen molar-refractivity contribution in [1.29, 1.82) is 0 Å². The van der Waals surface area contributed by atoms with E-state index in [1.54, 1.807) is 19.3 Å². The lowest BCUT2D eigenvalue weighted by atomic mass is 10.2. The van der Waals surface area contributed by atoms with E-state index in [0.717, 1.165) is 5.56 Å². The molecule has 1 atom stereocenters. The first-order chi connectivity index (χ1) is 7.18. The lowest BCUT2D eigenvalue weighted by Gasteiger charge is -2.06. The molecule has 1 aromatic heterocycles. The number of aliphatic hydroxyl groups is 1. The molecule has 2 N–H and O–H groups in total. The van der Waals surface area contributed by atoms with Gasteiger partial charge in [0.2, 0.25) is 5.91 Å². The van der Waals surface area contributed by atoms with Crippen LogP contribution in [-0.2, 0) is 11.3 Å². The van der Waals surface area contributed by atoms with Crippen LogP contribution in [0.3, 0.4) is 0 Å². The van der Waals surface area contributed by atoms with Gasteiger partial charge in [0, 0.05) is 25.4 Å². The van der Waals surface area contributed by atoms with E-state index in [-0.39, 0.29) is 5.91 Å². The van der Waals surface area contributed by atoms with Crippen LogP contribution in [0.1, 0.15) is 25.3 Å². The third kappa shape index (κ3) is 5.12. The summed E-state index contributed by atoms with van der Waals surface area (Å²) in [6, 6.07) is 3.74. The summed E-state index contributed by atoms with van der Waals surface area (Å²) in [4.78, 5) is 15.2. The van der Waals surface area contributed by atoms with Gasteiger partial charge in [0.05, 0.1) is 6.10 Å². The predicted molar refractivity (Wildman–Crippen MR) is 57.0 cm³/mol. The predicted octanol–water partition coefficient (Wildman–Crippen LogP) is 0.859. The van der Waals surface area contributed by atoms with Crippen LogP contribution in [0, 0.1) is 0 Å². The fraction of sp³-hybridized carbons (Fsp3) is 0.455. The smallest absolute Gasteiger partial charge is 0.220 e. The van der Waals surface area contributed by atoms with Gasteiger partial charge < -0.3 is 10.4 Å². The zero-order valence-corrected chi connectivity index (χ0v) is 8.81. The number of nitrogens with one attached hydrogen (secondary N) is 1. The third-order valence-electron chi connectivity index (χ3n) is 2.00. The molecule has 4 nitrogen and oxygen atoms in total. The Kier molecular flexibility index (Phi) is 4.77. The van der Waals surface area contributed by atoms with Gasteiger partial charge in [0.15, 0.2) is 0 Å². The lowest BCUT2D eigenvalue weighted by Crippen LogP contribution is -2.23. The molecule has 0 aliphatic heterocycles. The van der Waals surface area contributed by atoms with Crippen molar-refractivity contribution in [3.63, 3.8) is 0 Å². The number of amides is 1. The molecule has 82 valence electrons. The summed E-state index contributed by atoms with van der Waals surface area (Å²) in [5.74, 6) is -0.0419. The molecule has 1 rings (SSSR count). The fourth-order valence-corrected chi connectivity index (χ4v) is 1.13. The molecule has 0 aliphatic rings. The molecule has 0 saturated heterocycles. The summed E-state index contributed by atoms with van der Waals surface area (Å²) < 4.78 is 0. The second-order valence-electron chi connectivity index (χ2n) is 3.53. The molecule has 0 fully saturated rings. The fourth-order valence-electron chi connectivity index (χ4n) is 1.13. The van der Waals surface area contributed by atoms with E-state index in [9.17, 15) is 4.79 Å². The maximum atomic E-state index is 11.3. The van der Waals surface area contributed by atoms with Crippen LogP contribution in [0.5, 0.6) is 0 Å². The van der Waals surface area contributed by atoms with E-state index < -0.39 is 6.10 Å². The molecular formula is C11H16N2O2. The molecule has 1 unspecified atom stereocenters. The average molecular weight is 208 g/mol. The van der Waals surface area contributed by atoms with E-state index in [0.29, 0.717) is 19.4 Å². The Labute approximate surface area is 89.3 Å². The van der Waals surface area contributed by atoms with Crippen molar-refractivity contribution in [2.45, 2.75) is 32.4 Å². The van der Waals surface area contributed by atoms with Crippen molar-refractivity contribution >= 4 is 5.91 Å². The van der Waals surface area contributed by atoms with Gasteiger partial charge >= 0.3 is 0 Å². The number of carbonyl (C=O) groups is 1. The minimum absolute atomic E-state index is 0.0419. The Morgan fingerprint density at radius 2 is 2.47 bits per heavy atom. The zero-order chi connectivity index (χ0) is 11.1. The van der Waals surface area contributed by atoms with E-state index in [1.807, 2.05) is 12.1 Å². The number of aliphatic hydroxyl groups excluding tert-OH is 1. The first-order valence-corrected chi connectivity index (χ1v) is 5.02. The summed E-state index contributed by atoms with van der Waals surface area (Å²) in [6.07, 6.45) is 3.85. The van der Waals surface area contributed by atoms with Gasteiger partial charge in [0.25, 0.3) is 0 Å². The van der Waals surface area contributed by atoms with Crippen LogP contribution in [0.4, 0.5) is 0 Å². The van der Waals surface area contributed by atoms with E-state index >= 15 is 0 Å². The molecule has 0 saturated carbocycles. The molecule has 0 spiro atoms. The molecule has 0 radical (unpaired) electrons. The van der Waals surface area contributed by atoms with E-state index in [1.165, 1.54) is 0 Å². The third-order valence-corrected chi connectivity index (χ3v) is 2.00. The lowest BCUT2D eigenvalue weighted by molar-refractivity contribution is -0.121. The number of aromatic nitrogens is 1. The maximum absolute atomic E-state index is 11.3. The molecule has 4 heteroatoms. The summed E-state index contributed by atoms with van der Waals surface area (Å²) >= 11 is 0. The highest BCUT2D eigenvalue weighted by atomic mass is 16.3. The van der Waals surface area contributed by atoms with Gasteiger partial charge in [-0.2, -0.15) is 0 Å². The van der Waals surface area contributed by atoms with Gasteiger partial charge in [0.1, 0.15) is 0 Å². The molecule has 0 aliphatic carbocycles. The summed E-state index contributed by atoms with van der Waals surface area (Å²) in [6.45, 7) is 2.17. The SMILES string of the molecule is CC(O)CCC(=O)NCc1cccnc1. The largest absolute Gasteiger partial charge is 0.393 e. The Hall–Kier alpha value is -1.42. The first kappa shape index (κ1) is 11.7. The first-order valence-electron chi connectivity index (χ1n) is 5.02. The quantitative estimate of drug-likeness (QED) is 0.754. The van der Waals surface area contributed by atoms with Crippen LogP contribution in [-0.4, -0.2) is 22.1 Å². The highest BCUT2D eigenvalue weighted by Crippen LogP contribution is 1.97. The van der Waals surface area contributed by atoms with E-state index in [2.05, 4.69) is 10.3 Å². The van der Waals surface area contributed by atoms with Gasteiger partial charge in [-0.3, -0.25) is 9.78 Å². The number of nitrogens with zero attached hydrogens (tertiary/aromatic N) is 1. The van der Waals surface area contributed by atoms with Crippen LogP contribution < -0.4 is 5.32 Å². The average Bonchev–Trinajstić information content (AvgIpc) is 2.25. The number of pyridine rings is 1. The van der Waals surface area contributed by atoms with Crippen LogP contribution in [0.15, 0.2) is 24.5 Å². The Morgan fingerprint density at radius 3 is 3.07 bits per heavy atom. The number of hydrogen-bond acceptors (Lipinski definition) is 3. The number of rotatable bonds is 5. The van der Waals surface area contributed by atoms with Crippen molar-refractivity contribution in [3.05, 3.63) is 30.1 Å². The molecule has 1 heterocycles. The second kappa shape index (κ2) is 6.14. The molecule has 15 heavy (non-hydrogen) atoms. The van der Waals surface area contributed by atoms with Crippen molar-refractivity contribution in [1.82, 2.24) is 10.3 Å². The topological polar surface area (TPSA) is 62.2 Å². The summed E-state index contributed by atoms with van der Waals surface area (Å²) in [7, 11) is 0. The normalized spacial score (nSPS) is 12.1. The van der Waals surface area contributed by atoms with Crippen LogP contribution in [0.2, 0.25) is 0 Å². The number of hydrogen-bond donors (Lipinski definition) is 2. The molecule has 1 amide bonds. The van der Waals surface area contributed by atoms with Crippen molar-refractivity contribution in [2.24, 2.45) is 0 Å². The van der Waals surface area contributed by atoms with Gasteiger partial charge in [-0.1, -0.05) is 6.07 Å². The number of carbonyl (C=O) groups excluding carboxylic acids is 1. The maximum Gasteiger partial charge on any atom is 0.220 e. The Balaban J connectivity index is 2.23. The van der Waals surface area contributed by atoms with Crippen molar-refractivity contribution in [2.75, 3.05) is 0 Å². The monoisotopic (exact) mass is 208 g/mol. The van der Waals surface area contributed by atoms with Gasteiger partial charge in [-0.15, -0.1) is 0 Å². The van der Waals surface area contributed by atoms with Crippen LogP contribution >= 0.6 is 0 Å². The Bertz CT molecular complexity index is 299. The van der Waals surface area contributed by atoms with Gasteiger partial charge in [-0.25, -0.2) is 0 Å². The van der Waals surface area contributed by atoms with Crippen molar-refractivity contribution in [3.8, 4) is 0 Å². The summed E-state index contributed by atoms with van der Waals surface area (Å²) in [5, 5.41) is 11.8. The van der Waals surface area contributed by atoms with Gasteiger partial charge in [-0.05, 0) is 25.0 Å². The second-order valence-corrected chi connectivity index (χ2v) is 3.53. The molecule has 1 aromatic rings. The molecule has 0 aromatic carbocycles.